The number of nitrogens with zero attached hydrogens (tertiary/aromatic N) is 6. The minimum atomic E-state index is 0.479. The van der Waals surface area contributed by atoms with Crippen LogP contribution in [0.2, 0.25) is 0 Å². The Morgan fingerprint density at radius 3 is 3.00 bits per heavy atom. The van der Waals surface area contributed by atoms with Crippen LogP contribution in [0.1, 0.15) is 11.4 Å². The van der Waals surface area contributed by atoms with Crippen molar-refractivity contribution in [1.82, 2.24) is 34.5 Å². The van der Waals surface area contributed by atoms with Crippen LogP contribution in [0.5, 0.6) is 0 Å². The number of rotatable bonds is 4. The number of hydrogen-bond acceptors (Lipinski definition) is 7. The van der Waals surface area contributed by atoms with Crippen molar-refractivity contribution in [2.45, 2.75) is 18.6 Å². The third-order valence-corrected chi connectivity index (χ3v) is 4.66. The van der Waals surface area contributed by atoms with Gasteiger partial charge in [0.2, 0.25) is 5.95 Å². The van der Waals surface area contributed by atoms with Crippen molar-refractivity contribution in [3.05, 3.63) is 34.3 Å². The Morgan fingerprint density at radius 2 is 2.21 bits per heavy atom. The van der Waals surface area contributed by atoms with Crippen LogP contribution in [0.25, 0.3) is 16.8 Å². The standard InChI is InChI=1S/C14H13BrN8S/c1-7-3-4-16-11-10(7)19-9(20-11)6-17-13-22-14(24-2)21-12-8(15)5-18-23(12)13/h3-5H,6H2,1-2H3,(H,16,19,20)(H,17,21,22). The average Bonchev–Trinajstić information content (AvgIpc) is 3.17. The van der Waals surface area contributed by atoms with E-state index in [1.54, 1.807) is 16.9 Å². The van der Waals surface area contributed by atoms with Crippen molar-refractivity contribution in [2.75, 3.05) is 11.6 Å². The SMILES string of the molecule is CSc1nc(NCc2nc3nccc(C)c3[nH]2)n2ncc(Br)c2n1. The van der Waals surface area contributed by atoms with Crippen LogP contribution in [0, 0.1) is 6.92 Å². The number of aryl methyl sites for hydroxylation is 1. The highest BCUT2D eigenvalue weighted by molar-refractivity contribution is 9.10. The number of nitrogens with one attached hydrogen (secondary N) is 2. The molecule has 24 heavy (non-hydrogen) atoms. The summed E-state index contributed by atoms with van der Waals surface area (Å²) >= 11 is 4.93. The van der Waals surface area contributed by atoms with Crippen molar-refractivity contribution >= 4 is 50.5 Å². The lowest BCUT2D eigenvalue weighted by Gasteiger charge is -2.07. The number of fused-ring (bicyclic) bond motifs is 2. The second-order valence-corrected chi connectivity index (χ2v) is 6.75. The number of imidazole rings is 1. The summed E-state index contributed by atoms with van der Waals surface area (Å²) in [4.78, 5) is 21.0. The Morgan fingerprint density at radius 1 is 1.33 bits per heavy atom. The van der Waals surface area contributed by atoms with Crippen LogP contribution < -0.4 is 5.32 Å². The highest BCUT2D eigenvalue weighted by Crippen LogP contribution is 2.21. The van der Waals surface area contributed by atoms with E-state index in [4.69, 9.17) is 0 Å². The summed E-state index contributed by atoms with van der Waals surface area (Å²) in [5.41, 5.74) is 3.50. The number of thioether (sulfide) groups is 1. The van der Waals surface area contributed by atoms with Crippen molar-refractivity contribution < 1.29 is 0 Å². The third-order valence-electron chi connectivity index (χ3n) is 3.55. The van der Waals surface area contributed by atoms with Gasteiger partial charge in [-0.05, 0) is 40.7 Å². The van der Waals surface area contributed by atoms with E-state index in [-0.39, 0.29) is 0 Å². The van der Waals surface area contributed by atoms with E-state index in [0.29, 0.717) is 23.3 Å². The number of halogens is 1. The fraction of sp³-hybridized carbons (Fsp3) is 0.214. The average molecular weight is 405 g/mol. The minimum Gasteiger partial charge on any atom is -0.347 e. The van der Waals surface area contributed by atoms with Crippen LogP contribution in [0.4, 0.5) is 5.95 Å². The predicted octanol–water partition coefficient (Wildman–Crippen LogP) is 2.80. The highest BCUT2D eigenvalue weighted by Gasteiger charge is 2.12. The molecule has 0 atom stereocenters. The van der Waals surface area contributed by atoms with E-state index in [2.05, 4.69) is 51.3 Å². The fourth-order valence-electron chi connectivity index (χ4n) is 2.37. The van der Waals surface area contributed by atoms with Crippen LogP contribution in [-0.4, -0.2) is 40.8 Å². The van der Waals surface area contributed by atoms with Crippen molar-refractivity contribution in [2.24, 2.45) is 0 Å². The summed E-state index contributed by atoms with van der Waals surface area (Å²) < 4.78 is 2.49. The van der Waals surface area contributed by atoms with E-state index in [0.717, 1.165) is 27.0 Å². The van der Waals surface area contributed by atoms with Gasteiger partial charge in [0.15, 0.2) is 16.5 Å². The molecule has 8 nitrogen and oxygen atoms in total. The molecular weight excluding hydrogens is 392 g/mol. The molecule has 0 spiro atoms. The number of hydrogen-bond donors (Lipinski definition) is 2. The summed E-state index contributed by atoms with van der Waals surface area (Å²) in [6.45, 7) is 2.51. The van der Waals surface area contributed by atoms with Crippen LogP contribution in [-0.2, 0) is 6.54 Å². The van der Waals surface area contributed by atoms with Gasteiger partial charge in [0.05, 0.1) is 22.7 Å². The van der Waals surface area contributed by atoms with Crippen LogP contribution >= 0.6 is 27.7 Å². The van der Waals surface area contributed by atoms with Gasteiger partial charge in [-0.2, -0.15) is 14.6 Å². The molecule has 0 aliphatic heterocycles. The van der Waals surface area contributed by atoms with Gasteiger partial charge >= 0.3 is 0 Å². The summed E-state index contributed by atoms with van der Waals surface area (Å²) in [7, 11) is 0. The summed E-state index contributed by atoms with van der Waals surface area (Å²) in [5.74, 6) is 1.40. The maximum absolute atomic E-state index is 4.50. The lowest BCUT2D eigenvalue weighted by atomic mass is 10.3. The molecule has 122 valence electrons. The molecule has 0 unspecified atom stereocenters. The maximum Gasteiger partial charge on any atom is 0.228 e. The van der Waals surface area contributed by atoms with E-state index in [9.17, 15) is 0 Å². The van der Waals surface area contributed by atoms with Crippen LogP contribution in [0.3, 0.4) is 0 Å². The Kier molecular flexibility index (Phi) is 3.85. The molecule has 0 aliphatic rings. The smallest absolute Gasteiger partial charge is 0.228 e. The molecule has 4 rings (SSSR count). The van der Waals surface area contributed by atoms with E-state index in [1.807, 2.05) is 19.2 Å². The van der Waals surface area contributed by atoms with E-state index < -0.39 is 0 Å². The highest BCUT2D eigenvalue weighted by atomic mass is 79.9. The molecule has 0 saturated heterocycles. The lowest BCUT2D eigenvalue weighted by molar-refractivity contribution is 0.823. The van der Waals surface area contributed by atoms with Gasteiger partial charge in [-0.25, -0.2) is 15.0 Å². The first-order valence-electron chi connectivity index (χ1n) is 7.15. The van der Waals surface area contributed by atoms with E-state index >= 15 is 0 Å². The minimum absolute atomic E-state index is 0.479. The zero-order valence-electron chi connectivity index (χ0n) is 12.9. The topological polar surface area (TPSA) is 96.7 Å². The molecule has 4 aromatic heterocycles. The Balaban J connectivity index is 1.67. The second kappa shape index (κ2) is 6.02. The van der Waals surface area contributed by atoms with E-state index in [1.165, 1.54) is 11.8 Å². The van der Waals surface area contributed by atoms with Crippen molar-refractivity contribution in [3.8, 4) is 0 Å². The molecule has 0 fully saturated rings. The zero-order valence-corrected chi connectivity index (χ0v) is 15.3. The van der Waals surface area contributed by atoms with Gasteiger partial charge in [-0.3, -0.25) is 0 Å². The molecule has 10 heteroatoms. The third kappa shape index (κ3) is 2.61. The fourth-order valence-corrected chi connectivity index (χ4v) is 3.07. The first kappa shape index (κ1) is 15.3. The molecular formula is C14H13BrN8S. The quantitative estimate of drug-likeness (QED) is 0.504. The molecule has 2 N–H and O–H groups in total. The van der Waals surface area contributed by atoms with Gasteiger partial charge in [-0.15, -0.1) is 0 Å². The van der Waals surface area contributed by atoms with Crippen molar-refractivity contribution in [3.63, 3.8) is 0 Å². The van der Waals surface area contributed by atoms with Gasteiger partial charge < -0.3 is 10.3 Å². The number of pyridine rings is 1. The number of H-pyrrole nitrogens is 1. The van der Waals surface area contributed by atoms with Gasteiger partial charge in [0.1, 0.15) is 5.82 Å². The maximum atomic E-state index is 4.50. The van der Waals surface area contributed by atoms with Gasteiger partial charge in [0, 0.05) is 6.20 Å². The first-order valence-corrected chi connectivity index (χ1v) is 9.17. The molecule has 0 aliphatic carbocycles. The summed E-state index contributed by atoms with van der Waals surface area (Å²) in [5, 5.41) is 8.23. The van der Waals surface area contributed by atoms with Crippen molar-refractivity contribution in [1.29, 1.82) is 0 Å². The number of aromatic nitrogens is 7. The van der Waals surface area contributed by atoms with Gasteiger partial charge in [0.25, 0.3) is 0 Å². The first-order chi connectivity index (χ1) is 11.7. The normalized spacial score (nSPS) is 11.5. The lowest BCUT2D eigenvalue weighted by Crippen LogP contribution is -2.10. The Hall–Kier alpha value is -2.20. The Labute approximate surface area is 149 Å². The zero-order chi connectivity index (χ0) is 16.7. The number of aromatic amines is 1. The predicted molar refractivity (Wildman–Crippen MR) is 96.2 cm³/mol. The summed E-state index contributed by atoms with van der Waals surface area (Å²) in [6.07, 6.45) is 5.40. The monoisotopic (exact) mass is 404 g/mol. The summed E-state index contributed by atoms with van der Waals surface area (Å²) in [6, 6.07) is 1.96. The molecule has 0 amide bonds. The molecule has 4 heterocycles. The molecule has 4 aromatic rings. The largest absolute Gasteiger partial charge is 0.347 e. The molecule has 0 radical (unpaired) electrons. The Bertz CT molecular complexity index is 1040. The molecule has 0 bridgehead atoms. The molecule has 0 aromatic carbocycles. The second-order valence-electron chi connectivity index (χ2n) is 5.13. The van der Waals surface area contributed by atoms with Gasteiger partial charge in [-0.1, -0.05) is 11.8 Å². The molecule has 0 saturated carbocycles. The number of anilines is 1. The van der Waals surface area contributed by atoms with Crippen LogP contribution in [0.15, 0.2) is 28.1 Å².